The molecule has 114 valence electrons. The standard InChI is InChI=1S/C15H16N4O2S/c1-2-8-19-14(20)17-18-15(19)22-10-12-9-21-13(16-12)11-6-4-3-5-7-11/h3-7,9H,2,8,10H2,1H3,(H,17,20). The van der Waals surface area contributed by atoms with Crippen LogP contribution < -0.4 is 5.69 Å². The smallest absolute Gasteiger partial charge is 0.343 e. The summed E-state index contributed by atoms with van der Waals surface area (Å²) >= 11 is 1.47. The molecular weight excluding hydrogens is 300 g/mol. The molecule has 0 aliphatic carbocycles. The molecule has 0 saturated heterocycles. The van der Waals surface area contributed by atoms with Crippen LogP contribution in [-0.2, 0) is 12.3 Å². The molecule has 0 unspecified atom stereocenters. The number of benzene rings is 1. The number of aromatic nitrogens is 4. The van der Waals surface area contributed by atoms with E-state index in [9.17, 15) is 4.79 Å². The summed E-state index contributed by atoms with van der Waals surface area (Å²) in [5.41, 5.74) is 1.60. The fourth-order valence-corrected chi connectivity index (χ4v) is 2.91. The largest absolute Gasteiger partial charge is 0.444 e. The Morgan fingerprint density at radius 2 is 2.14 bits per heavy atom. The third kappa shape index (κ3) is 3.14. The fourth-order valence-electron chi connectivity index (χ4n) is 2.06. The van der Waals surface area contributed by atoms with E-state index in [4.69, 9.17) is 4.42 Å². The van der Waals surface area contributed by atoms with Gasteiger partial charge >= 0.3 is 5.69 Å². The van der Waals surface area contributed by atoms with Crippen LogP contribution in [0, 0.1) is 0 Å². The Kier molecular flexibility index (Phi) is 4.43. The van der Waals surface area contributed by atoms with Crippen molar-refractivity contribution in [2.45, 2.75) is 30.8 Å². The third-order valence-corrected chi connectivity index (χ3v) is 4.10. The lowest BCUT2D eigenvalue weighted by atomic mass is 10.2. The highest BCUT2D eigenvalue weighted by atomic mass is 32.2. The highest BCUT2D eigenvalue weighted by molar-refractivity contribution is 7.98. The molecule has 1 N–H and O–H groups in total. The molecule has 22 heavy (non-hydrogen) atoms. The van der Waals surface area contributed by atoms with Gasteiger partial charge in [0.05, 0.1) is 5.69 Å². The lowest BCUT2D eigenvalue weighted by Crippen LogP contribution is -2.17. The van der Waals surface area contributed by atoms with Crippen molar-refractivity contribution >= 4 is 11.8 Å². The molecule has 1 aromatic carbocycles. The van der Waals surface area contributed by atoms with Gasteiger partial charge in [-0.15, -0.1) is 5.10 Å². The van der Waals surface area contributed by atoms with Crippen molar-refractivity contribution < 1.29 is 4.42 Å². The van der Waals surface area contributed by atoms with E-state index < -0.39 is 0 Å². The summed E-state index contributed by atoms with van der Waals surface area (Å²) in [5.74, 6) is 1.20. The Labute approximate surface area is 131 Å². The van der Waals surface area contributed by atoms with Crippen LogP contribution in [-0.4, -0.2) is 19.7 Å². The quantitative estimate of drug-likeness (QED) is 0.708. The van der Waals surface area contributed by atoms with Gasteiger partial charge < -0.3 is 4.42 Å². The van der Waals surface area contributed by atoms with Crippen LogP contribution in [0.3, 0.4) is 0 Å². The van der Waals surface area contributed by atoms with Crippen LogP contribution in [0.15, 0.2) is 51.0 Å². The van der Waals surface area contributed by atoms with Gasteiger partial charge in [-0.2, -0.15) is 0 Å². The van der Waals surface area contributed by atoms with Crippen molar-refractivity contribution in [3.8, 4) is 11.5 Å². The summed E-state index contributed by atoms with van der Waals surface area (Å²) in [5, 5.41) is 7.20. The molecule has 2 aromatic heterocycles. The lowest BCUT2D eigenvalue weighted by Gasteiger charge is -2.01. The third-order valence-electron chi connectivity index (χ3n) is 3.09. The Morgan fingerprint density at radius 3 is 2.91 bits per heavy atom. The van der Waals surface area contributed by atoms with Crippen LogP contribution in [0.25, 0.3) is 11.5 Å². The van der Waals surface area contributed by atoms with Gasteiger partial charge in [-0.05, 0) is 18.6 Å². The number of nitrogens with one attached hydrogen (secondary N) is 1. The van der Waals surface area contributed by atoms with Gasteiger partial charge in [0.25, 0.3) is 0 Å². The number of nitrogens with zero attached hydrogens (tertiary/aromatic N) is 3. The number of oxazole rings is 1. The first kappa shape index (κ1) is 14.6. The Hall–Kier alpha value is -2.28. The van der Waals surface area contributed by atoms with Crippen LogP contribution in [0.1, 0.15) is 19.0 Å². The molecule has 0 saturated carbocycles. The normalized spacial score (nSPS) is 11.0. The summed E-state index contributed by atoms with van der Waals surface area (Å²) in [6.45, 7) is 2.68. The highest BCUT2D eigenvalue weighted by Gasteiger charge is 2.11. The van der Waals surface area contributed by atoms with Gasteiger partial charge in [-0.1, -0.05) is 36.9 Å². The summed E-state index contributed by atoms with van der Waals surface area (Å²) in [6, 6.07) is 9.75. The van der Waals surface area contributed by atoms with Crippen LogP contribution >= 0.6 is 11.8 Å². The van der Waals surface area contributed by atoms with E-state index in [1.54, 1.807) is 10.8 Å². The lowest BCUT2D eigenvalue weighted by molar-refractivity contribution is 0.573. The Morgan fingerprint density at radius 1 is 1.32 bits per heavy atom. The molecule has 0 amide bonds. The molecule has 2 heterocycles. The molecule has 3 rings (SSSR count). The molecule has 0 aliphatic heterocycles. The molecule has 3 aromatic rings. The summed E-state index contributed by atoms with van der Waals surface area (Å²) in [7, 11) is 0. The first-order valence-corrected chi connectivity index (χ1v) is 8.04. The maximum atomic E-state index is 11.6. The zero-order valence-electron chi connectivity index (χ0n) is 12.2. The predicted molar refractivity (Wildman–Crippen MR) is 84.6 cm³/mol. The molecule has 7 heteroatoms. The fraction of sp³-hybridized carbons (Fsp3) is 0.267. The maximum absolute atomic E-state index is 11.6. The van der Waals surface area contributed by atoms with Crippen molar-refractivity contribution in [1.29, 1.82) is 0 Å². The average molecular weight is 316 g/mol. The maximum Gasteiger partial charge on any atom is 0.343 e. The first-order valence-electron chi connectivity index (χ1n) is 7.05. The Balaban J connectivity index is 1.70. The number of H-pyrrole nitrogens is 1. The van der Waals surface area contributed by atoms with E-state index in [1.165, 1.54) is 11.8 Å². The predicted octanol–water partition coefficient (Wildman–Crippen LogP) is 2.93. The second-order valence-corrected chi connectivity index (χ2v) is 5.70. The second-order valence-electron chi connectivity index (χ2n) is 4.76. The van der Waals surface area contributed by atoms with E-state index in [-0.39, 0.29) is 5.69 Å². The minimum absolute atomic E-state index is 0.172. The monoisotopic (exact) mass is 316 g/mol. The van der Waals surface area contributed by atoms with Gasteiger partial charge in [0.15, 0.2) is 5.16 Å². The van der Waals surface area contributed by atoms with E-state index in [1.807, 2.05) is 37.3 Å². The van der Waals surface area contributed by atoms with Crippen molar-refractivity contribution in [2.75, 3.05) is 0 Å². The first-order chi connectivity index (χ1) is 10.8. The molecule has 0 radical (unpaired) electrons. The van der Waals surface area contributed by atoms with Crippen molar-refractivity contribution in [3.63, 3.8) is 0 Å². The van der Waals surface area contributed by atoms with E-state index in [0.717, 1.165) is 17.7 Å². The van der Waals surface area contributed by atoms with Gasteiger partial charge in [0.2, 0.25) is 5.89 Å². The SMILES string of the molecule is CCCn1c(SCc2coc(-c3ccccc3)n2)n[nH]c1=O. The van der Waals surface area contributed by atoms with Crippen molar-refractivity contribution in [3.05, 3.63) is 52.8 Å². The number of hydrogen-bond donors (Lipinski definition) is 1. The summed E-state index contributed by atoms with van der Waals surface area (Å²) in [6.07, 6.45) is 2.53. The van der Waals surface area contributed by atoms with Gasteiger partial charge in [0.1, 0.15) is 6.26 Å². The molecule has 0 aliphatic rings. The van der Waals surface area contributed by atoms with Crippen molar-refractivity contribution in [2.24, 2.45) is 0 Å². The summed E-state index contributed by atoms with van der Waals surface area (Å²) < 4.78 is 7.14. The van der Waals surface area contributed by atoms with E-state index in [0.29, 0.717) is 23.3 Å². The van der Waals surface area contributed by atoms with Crippen LogP contribution in [0.4, 0.5) is 0 Å². The number of aromatic amines is 1. The zero-order valence-corrected chi connectivity index (χ0v) is 13.0. The van der Waals surface area contributed by atoms with Gasteiger partial charge in [0, 0.05) is 17.9 Å². The number of hydrogen-bond acceptors (Lipinski definition) is 5. The minimum Gasteiger partial charge on any atom is -0.444 e. The molecule has 0 bridgehead atoms. The summed E-state index contributed by atoms with van der Waals surface area (Å²) in [4.78, 5) is 16.1. The van der Waals surface area contributed by atoms with Gasteiger partial charge in [-0.25, -0.2) is 14.9 Å². The van der Waals surface area contributed by atoms with Crippen molar-refractivity contribution in [1.82, 2.24) is 19.7 Å². The van der Waals surface area contributed by atoms with Gasteiger partial charge in [-0.3, -0.25) is 4.57 Å². The molecule has 0 fully saturated rings. The molecular formula is C15H16N4O2S. The molecule has 0 atom stereocenters. The van der Waals surface area contributed by atoms with E-state index in [2.05, 4.69) is 15.2 Å². The number of rotatable bonds is 6. The van der Waals surface area contributed by atoms with E-state index >= 15 is 0 Å². The average Bonchev–Trinajstić information content (AvgIpc) is 3.15. The highest BCUT2D eigenvalue weighted by Crippen LogP contribution is 2.23. The molecule has 0 spiro atoms. The topological polar surface area (TPSA) is 76.7 Å². The number of thioether (sulfide) groups is 1. The molecule has 6 nitrogen and oxygen atoms in total. The Bertz CT molecular complexity index is 791. The minimum atomic E-state index is -0.172. The zero-order chi connectivity index (χ0) is 15.4. The second kappa shape index (κ2) is 6.65. The van der Waals surface area contributed by atoms with Crippen LogP contribution in [0.2, 0.25) is 0 Å². The van der Waals surface area contributed by atoms with Crippen LogP contribution in [0.5, 0.6) is 0 Å².